The molecule has 1 heterocycles. The molecule has 0 aliphatic rings. The molecule has 1 aromatic heterocycles. The van der Waals surface area contributed by atoms with E-state index in [1.807, 2.05) is 0 Å². The third-order valence-corrected chi connectivity index (χ3v) is 2.36. The highest BCUT2D eigenvalue weighted by molar-refractivity contribution is 5.95. The Morgan fingerprint density at radius 2 is 1.88 bits per heavy atom. The molecule has 4 heteroatoms. The molecular formula is C13H18O4. The maximum atomic E-state index is 11.7. The molecule has 0 amide bonds. The van der Waals surface area contributed by atoms with Crippen LogP contribution in [0.2, 0.25) is 0 Å². The van der Waals surface area contributed by atoms with Crippen LogP contribution in [0.25, 0.3) is 0 Å². The van der Waals surface area contributed by atoms with Gasteiger partial charge >= 0.3 is 5.97 Å². The Balaban J connectivity index is 2.55. The van der Waals surface area contributed by atoms with Gasteiger partial charge in [-0.25, -0.2) is 4.79 Å². The number of furan rings is 1. The van der Waals surface area contributed by atoms with E-state index in [1.165, 1.54) is 12.1 Å². The minimum atomic E-state index is -0.528. The van der Waals surface area contributed by atoms with Crippen LogP contribution in [0, 0.1) is 0 Å². The number of carbonyl (C=O) groups is 2. The van der Waals surface area contributed by atoms with E-state index in [0.717, 1.165) is 19.3 Å². The molecule has 0 radical (unpaired) electrons. The first kappa shape index (κ1) is 13.5. The number of unbranched alkanes of at least 4 members (excludes halogenated alkanes) is 2. The molecule has 4 nitrogen and oxygen atoms in total. The van der Waals surface area contributed by atoms with Gasteiger partial charge in [0, 0.05) is 6.42 Å². The van der Waals surface area contributed by atoms with Crippen LogP contribution in [0.1, 0.15) is 60.6 Å². The number of ketones is 1. The van der Waals surface area contributed by atoms with E-state index in [-0.39, 0.29) is 17.3 Å². The lowest BCUT2D eigenvalue weighted by Crippen LogP contribution is -2.03. The molecule has 17 heavy (non-hydrogen) atoms. The van der Waals surface area contributed by atoms with Crippen molar-refractivity contribution in [2.75, 3.05) is 6.61 Å². The highest BCUT2D eigenvalue weighted by Gasteiger charge is 2.15. The highest BCUT2D eigenvalue weighted by Crippen LogP contribution is 2.13. The second kappa shape index (κ2) is 6.89. The van der Waals surface area contributed by atoms with Crippen molar-refractivity contribution >= 4 is 11.8 Å². The minimum absolute atomic E-state index is 0.0611. The summed E-state index contributed by atoms with van der Waals surface area (Å²) in [5.41, 5.74) is 0. The van der Waals surface area contributed by atoms with Gasteiger partial charge in [0.25, 0.3) is 0 Å². The van der Waals surface area contributed by atoms with Crippen LogP contribution in [0.5, 0.6) is 0 Å². The Morgan fingerprint density at radius 1 is 1.18 bits per heavy atom. The average molecular weight is 238 g/mol. The lowest BCUT2D eigenvalue weighted by molar-refractivity contribution is 0.0488. The monoisotopic (exact) mass is 238 g/mol. The molecule has 0 fully saturated rings. The van der Waals surface area contributed by atoms with Crippen molar-refractivity contribution in [1.29, 1.82) is 0 Å². The normalized spacial score (nSPS) is 10.2. The minimum Gasteiger partial charge on any atom is -0.460 e. The number of carbonyl (C=O) groups excluding carboxylic acids is 2. The molecule has 94 valence electrons. The predicted octanol–water partition coefficient (Wildman–Crippen LogP) is 3.22. The molecule has 0 N–H and O–H groups in total. The standard InChI is InChI=1S/C13H18O4/c1-3-5-6-7-10(14)11-8-9-12(17-11)13(15)16-4-2/h8-9H,3-7H2,1-2H3. The zero-order valence-corrected chi connectivity index (χ0v) is 10.3. The Bertz CT molecular complexity index is 379. The molecule has 1 aromatic rings. The summed E-state index contributed by atoms with van der Waals surface area (Å²) in [5.74, 6) is -0.260. The summed E-state index contributed by atoms with van der Waals surface area (Å²) in [6.45, 7) is 4.09. The topological polar surface area (TPSA) is 56.5 Å². The summed E-state index contributed by atoms with van der Waals surface area (Å²) in [6.07, 6.45) is 3.41. The van der Waals surface area contributed by atoms with E-state index >= 15 is 0 Å². The first-order valence-electron chi connectivity index (χ1n) is 5.99. The Hall–Kier alpha value is -1.58. The van der Waals surface area contributed by atoms with E-state index in [9.17, 15) is 9.59 Å². The average Bonchev–Trinajstić information content (AvgIpc) is 2.79. The maximum absolute atomic E-state index is 11.7. The predicted molar refractivity (Wildman–Crippen MR) is 63.1 cm³/mol. The number of esters is 1. The molecule has 0 atom stereocenters. The van der Waals surface area contributed by atoms with Crippen molar-refractivity contribution in [3.63, 3.8) is 0 Å². The Morgan fingerprint density at radius 3 is 2.53 bits per heavy atom. The van der Waals surface area contributed by atoms with Crippen LogP contribution < -0.4 is 0 Å². The van der Waals surface area contributed by atoms with E-state index < -0.39 is 5.97 Å². The maximum Gasteiger partial charge on any atom is 0.374 e. The number of ether oxygens (including phenoxy) is 1. The molecule has 0 saturated heterocycles. The summed E-state index contributed by atoms with van der Waals surface area (Å²) in [6, 6.07) is 3.01. The van der Waals surface area contributed by atoms with Crippen molar-refractivity contribution in [1.82, 2.24) is 0 Å². The molecular weight excluding hydrogens is 220 g/mol. The van der Waals surface area contributed by atoms with Gasteiger partial charge in [-0.1, -0.05) is 19.8 Å². The second-order valence-corrected chi connectivity index (χ2v) is 3.76. The second-order valence-electron chi connectivity index (χ2n) is 3.76. The molecule has 0 aliphatic heterocycles. The van der Waals surface area contributed by atoms with E-state index in [2.05, 4.69) is 6.92 Å². The summed E-state index contributed by atoms with van der Waals surface area (Å²) >= 11 is 0. The Kier molecular flexibility index (Phi) is 5.46. The summed E-state index contributed by atoms with van der Waals surface area (Å²) < 4.78 is 9.94. The molecule has 0 aromatic carbocycles. The fourth-order valence-electron chi connectivity index (χ4n) is 1.46. The van der Waals surface area contributed by atoms with E-state index in [4.69, 9.17) is 9.15 Å². The Labute approximate surface area is 101 Å². The zero-order chi connectivity index (χ0) is 12.7. The highest BCUT2D eigenvalue weighted by atomic mass is 16.5. The molecule has 1 rings (SSSR count). The van der Waals surface area contributed by atoms with Gasteiger partial charge in [-0.3, -0.25) is 4.79 Å². The van der Waals surface area contributed by atoms with Crippen molar-refractivity contribution in [2.45, 2.75) is 39.5 Å². The largest absolute Gasteiger partial charge is 0.460 e. The van der Waals surface area contributed by atoms with Crippen LogP contribution in [-0.4, -0.2) is 18.4 Å². The van der Waals surface area contributed by atoms with Crippen molar-refractivity contribution < 1.29 is 18.7 Å². The molecule has 0 spiro atoms. The third-order valence-electron chi connectivity index (χ3n) is 2.36. The smallest absolute Gasteiger partial charge is 0.374 e. The van der Waals surface area contributed by atoms with Crippen molar-refractivity contribution in [3.8, 4) is 0 Å². The summed E-state index contributed by atoms with van der Waals surface area (Å²) in [4.78, 5) is 23.0. The number of hydrogen-bond acceptors (Lipinski definition) is 4. The number of hydrogen-bond donors (Lipinski definition) is 0. The number of Topliss-reactive ketones (excluding diaryl/α,β-unsaturated/α-hetero) is 1. The van der Waals surface area contributed by atoms with Crippen molar-refractivity contribution in [2.24, 2.45) is 0 Å². The zero-order valence-electron chi connectivity index (χ0n) is 10.3. The first-order chi connectivity index (χ1) is 8.19. The van der Waals surface area contributed by atoms with E-state index in [1.54, 1.807) is 6.92 Å². The van der Waals surface area contributed by atoms with Crippen LogP contribution in [-0.2, 0) is 4.74 Å². The summed E-state index contributed by atoms with van der Waals surface area (Å²) in [5, 5.41) is 0. The molecule has 0 aliphatic carbocycles. The SMILES string of the molecule is CCCCCC(=O)c1ccc(C(=O)OCC)o1. The third kappa shape index (κ3) is 4.06. The van der Waals surface area contributed by atoms with Gasteiger partial charge in [0.2, 0.25) is 5.76 Å². The first-order valence-corrected chi connectivity index (χ1v) is 5.99. The van der Waals surface area contributed by atoms with Gasteiger partial charge in [-0.2, -0.15) is 0 Å². The fourth-order valence-corrected chi connectivity index (χ4v) is 1.46. The van der Waals surface area contributed by atoms with Gasteiger partial charge < -0.3 is 9.15 Å². The van der Waals surface area contributed by atoms with Crippen molar-refractivity contribution in [3.05, 3.63) is 23.7 Å². The van der Waals surface area contributed by atoms with Crippen LogP contribution in [0.15, 0.2) is 16.5 Å². The fraction of sp³-hybridized carbons (Fsp3) is 0.538. The van der Waals surface area contributed by atoms with Gasteiger partial charge in [0.15, 0.2) is 11.5 Å². The van der Waals surface area contributed by atoms with Gasteiger partial charge in [-0.05, 0) is 25.5 Å². The lowest BCUT2D eigenvalue weighted by atomic mass is 10.1. The van der Waals surface area contributed by atoms with Crippen LogP contribution in [0.3, 0.4) is 0 Å². The van der Waals surface area contributed by atoms with Gasteiger partial charge in [0.1, 0.15) is 0 Å². The summed E-state index contributed by atoms with van der Waals surface area (Å²) in [7, 11) is 0. The van der Waals surface area contributed by atoms with Gasteiger partial charge in [-0.15, -0.1) is 0 Å². The molecule has 0 unspecified atom stereocenters. The molecule has 0 saturated carbocycles. The van der Waals surface area contributed by atoms with E-state index in [0.29, 0.717) is 13.0 Å². The van der Waals surface area contributed by atoms with Gasteiger partial charge in [0.05, 0.1) is 6.61 Å². The molecule has 0 bridgehead atoms. The van der Waals surface area contributed by atoms with Crippen LogP contribution >= 0.6 is 0 Å². The number of rotatable bonds is 7. The quantitative estimate of drug-likeness (QED) is 0.416. The lowest BCUT2D eigenvalue weighted by Gasteiger charge is -1.98. The van der Waals surface area contributed by atoms with Crippen LogP contribution in [0.4, 0.5) is 0 Å².